The lowest BCUT2D eigenvalue weighted by Crippen LogP contribution is -2.31. The summed E-state index contributed by atoms with van der Waals surface area (Å²) in [5.41, 5.74) is 0. The lowest BCUT2D eigenvalue weighted by Gasteiger charge is -2.14. The molecule has 0 fully saturated rings. The van der Waals surface area contributed by atoms with Crippen LogP contribution in [0.3, 0.4) is 0 Å². The number of halogens is 2. The highest BCUT2D eigenvalue weighted by atomic mass is 35.5. The van der Waals surface area contributed by atoms with Gasteiger partial charge in [0.25, 0.3) is 0 Å². The molecule has 0 aliphatic heterocycles. The van der Waals surface area contributed by atoms with Gasteiger partial charge in [-0.2, -0.15) is 0 Å². The molecule has 1 aromatic carbocycles. The van der Waals surface area contributed by atoms with E-state index in [0.717, 1.165) is 0 Å². The van der Waals surface area contributed by atoms with E-state index < -0.39 is 6.10 Å². The first-order valence-corrected chi connectivity index (χ1v) is 6.77. The molecule has 0 saturated heterocycles. The Bertz CT molecular complexity index is 514. The van der Waals surface area contributed by atoms with Crippen LogP contribution in [0.5, 0.6) is 5.75 Å². The van der Waals surface area contributed by atoms with Crippen molar-refractivity contribution in [2.45, 2.75) is 12.6 Å². The van der Waals surface area contributed by atoms with Gasteiger partial charge in [0.1, 0.15) is 18.5 Å². The summed E-state index contributed by atoms with van der Waals surface area (Å²) in [4.78, 5) is 0. The van der Waals surface area contributed by atoms with E-state index in [1.165, 1.54) is 0 Å². The zero-order valence-electron chi connectivity index (χ0n) is 10.6. The van der Waals surface area contributed by atoms with Gasteiger partial charge < -0.3 is 19.7 Å². The molecule has 0 amide bonds. The predicted octanol–water partition coefficient (Wildman–Crippen LogP) is 2.51. The highest BCUT2D eigenvalue weighted by molar-refractivity contribution is 6.37. The molecule has 1 heterocycles. The van der Waals surface area contributed by atoms with Gasteiger partial charge in [-0.3, -0.25) is 0 Å². The molecule has 0 spiro atoms. The maximum absolute atomic E-state index is 9.80. The zero-order valence-corrected chi connectivity index (χ0v) is 12.1. The van der Waals surface area contributed by atoms with Crippen LogP contribution in [-0.4, -0.2) is 29.5 Å². The first kappa shape index (κ1) is 15.1. The van der Waals surface area contributed by atoms with Crippen molar-refractivity contribution < 1.29 is 14.4 Å². The molecule has 1 unspecified atom stereocenters. The largest absolute Gasteiger partial charge is 0.488 e. The summed E-state index contributed by atoms with van der Waals surface area (Å²) >= 11 is 11.9. The second kappa shape index (κ2) is 7.50. The number of para-hydroxylation sites is 1. The van der Waals surface area contributed by atoms with E-state index in [1.807, 2.05) is 0 Å². The Kier molecular flexibility index (Phi) is 5.67. The summed E-state index contributed by atoms with van der Waals surface area (Å²) in [6.45, 7) is 0.930. The second-order valence-electron chi connectivity index (χ2n) is 4.13. The Morgan fingerprint density at radius 1 is 1.30 bits per heavy atom. The Morgan fingerprint density at radius 3 is 2.70 bits per heavy atom. The van der Waals surface area contributed by atoms with E-state index in [0.29, 0.717) is 34.6 Å². The van der Waals surface area contributed by atoms with E-state index >= 15 is 0 Å². The molecule has 5 nitrogen and oxygen atoms in total. The SMILES string of the molecule is OC(CNCc1ccno1)COc1c(Cl)cccc1Cl. The van der Waals surface area contributed by atoms with Crippen LogP contribution in [0.15, 0.2) is 35.0 Å². The summed E-state index contributed by atoms with van der Waals surface area (Å²) in [6, 6.07) is 6.83. The van der Waals surface area contributed by atoms with E-state index in [9.17, 15) is 5.11 Å². The van der Waals surface area contributed by atoms with Gasteiger partial charge in [0.05, 0.1) is 22.8 Å². The van der Waals surface area contributed by atoms with Gasteiger partial charge in [-0.05, 0) is 12.1 Å². The third-order valence-electron chi connectivity index (χ3n) is 2.51. The third kappa shape index (κ3) is 4.38. The predicted molar refractivity (Wildman–Crippen MR) is 76.2 cm³/mol. The van der Waals surface area contributed by atoms with Gasteiger partial charge in [-0.1, -0.05) is 34.4 Å². The average molecular weight is 317 g/mol. The molecular formula is C13H14Cl2N2O3. The Morgan fingerprint density at radius 2 is 2.05 bits per heavy atom. The van der Waals surface area contributed by atoms with Crippen molar-refractivity contribution in [3.8, 4) is 5.75 Å². The van der Waals surface area contributed by atoms with E-state index in [1.54, 1.807) is 30.5 Å². The normalized spacial score (nSPS) is 12.3. The molecule has 108 valence electrons. The minimum Gasteiger partial charge on any atom is -0.488 e. The van der Waals surface area contributed by atoms with Gasteiger partial charge in [0.2, 0.25) is 0 Å². The molecule has 2 N–H and O–H groups in total. The number of aromatic nitrogens is 1. The number of nitrogens with zero attached hydrogens (tertiary/aromatic N) is 1. The maximum Gasteiger partial charge on any atom is 0.156 e. The van der Waals surface area contributed by atoms with E-state index in [2.05, 4.69) is 10.5 Å². The Labute approximate surface area is 126 Å². The maximum atomic E-state index is 9.80. The Balaban J connectivity index is 1.73. The van der Waals surface area contributed by atoms with Crippen LogP contribution < -0.4 is 10.1 Å². The highest BCUT2D eigenvalue weighted by Crippen LogP contribution is 2.32. The Hall–Kier alpha value is -1.27. The van der Waals surface area contributed by atoms with Crippen molar-refractivity contribution in [1.29, 1.82) is 0 Å². The molecule has 0 saturated carbocycles. The fourth-order valence-electron chi connectivity index (χ4n) is 1.55. The second-order valence-corrected chi connectivity index (χ2v) is 4.94. The number of rotatable bonds is 7. The smallest absolute Gasteiger partial charge is 0.156 e. The minimum atomic E-state index is -0.690. The number of hydrogen-bond acceptors (Lipinski definition) is 5. The van der Waals surface area contributed by atoms with Crippen LogP contribution in [-0.2, 0) is 6.54 Å². The van der Waals surface area contributed by atoms with Crippen LogP contribution in [0.2, 0.25) is 10.0 Å². The molecule has 1 aromatic heterocycles. The van der Waals surface area contributed by atoms with Gasteiger partial charge in [-0.15, -0.1) is 0 Å². The van der Waals surface area contributed by atoms with Gasteiger partial charge in [0.15, 0.2) is 5.75 Å². The van der Waals surface area contributed by atoms with Crippen LogP contribution >= 0.6 is 23.2 Å². The number of hydrogen-bond donors (Lipinski definition) is 2. The molecule has 0 aliphatic carbocycles. The zero-order chi connectivity index (χ0) is 14.4. The van der Waals surface area contributed by atoms with E-state index in [-0.39, 0.29) is 6.61 Å². The van der Waals surface area contributed by atoms with Gasteiger partial charge in [-0.25, -0.2) is 0 Å². The lowest BCUT2D eigenvalue weighted by atomic mass is 10.3. The molecule has 0 radical (unpaired) electrons. The average Bonchev–Trinajstić information content (AvgIpc) is 2.91. The summed E-state index contributed by atoms with van der Waals surface area (Å²) < 4.78 is 10.3. The van der Waals surface area contributed by atoms with Crippen LogP contribution in [0.1, 0.15) is 5.76 Å². The fourth-order valence-corrected chi connectivity index (χ4v) is 2.06. The molecule has 2 aromatic rings. The van der Waals surface area contributed by atoms with Crippen LogP contribution in [0.25, 0.3) is 0 Å². The first-order chi connectivity index (χ1) is 9.66. The number of benzene rings is 1. The van der Waals surface area contributed by atoms with Crippen molar-refractivity contribution in [3.05, 3.63) is 46.3 Å². The summed E-state index contributed by atoms with van der Waals surface area (Å²) in [6.07, 6.45) is 0.876. The molecular weight excluding hydrogens is 303 g/mol. The molecule has 0 aliphatic rings. The van der Waals surface area contributed by atoms with Gasteiger partial charge in [0, 0.05) is 12.6 Å². The van der Waals surface area contributed by atoms with Crippen molar-refractivity contribution >= 4 is 23.2 Å². The quantitative estimate of drug-likeness (QED) is 0.821. The van der Waals surface area contributed by atoms with E-state index in [4.69, 9.17) is 32.5 Å². The first-order valence-electron chi connectivity index (χ1n) is 6.02. The van der Waals surface area contributed by atoms with Crippen LogP contribution in [0, 0.1) is 0 Å². The third-order valence-corrected chi connectivity index (χ3v) is 3.10. The molecule has 0 bridgehead atoms. The fraction of sp³-hybridized carbons (Fsp3) is 0.308. The summed E-state index contributed by atoms with van der Waals surface area (Å²) in [5.74, 6) is 1.08. The highest BCUT2D eigenvalue weighted by Gasteiger charge is 2.10. The summed E-state index contributed by atoms with van der Waals surface area (Å²) in [5, 5.41) is 17.2. The molecule has 7 heteroatoms. The number of aliphatic hydroxyl groups is 1. The standard InChI is InChI=1S/C13H14Cl2N2O3/c14-11-2-1-3-12(15)13(11)19-8-9(18)6-16-7-10-4-5-17-20-10/h1-5,9,16,18H,6-8H2. The van der Waals surface area contributed by atoms with Crippen molar-refractivity contribution in [1.82, 2.24) is 10.5 Å². The molecule has 1 atom stereocenters. The molecule has 2 rings (SSSR count). The minimum absolute atomic E-state index is 0.0901. The number of aliphatic hydroxyl groups excluding tert-OH is 1. The van der Waals surface area contributed by atoms with Gasteiger partial charge >= 0.3 is 0 Å². The van der Waals surface area contributed by atoms with Crippen molar-refractivity contribution in [2.24, 2.45) is 0 Å². The topological polar surface area (TPSA) is 67.5 Å². The number of ether oxygens (including phenoxy) is 1. The number of nitrogens with one attached hydrogen (secondary N) is 1. The lowest BCUT2D eigenvalue weighted by molar-refractivity contribution is 0.105. The molecule has 20 heavy (non-hydrogen) atoms. The van der Waals surface area contributed by atoms with Crippen molar-refractivity contribution in [2.75, 3.05) is 13.2 Å². The monoisotopic (exact) mass is 316 g/mol. The summed E-state index contributed by atoms with van der Waals surface area (Å²) in [7, 11) is 0. The van der Waals surface area contributed by atoms with Crippen molar-refractivity contribution in [3.63, 3.8) is 0 Å². The van der Waals surface area contributed by atoms with Crippen LogP contribution in [0.4, 0.5) is 0 Å².